The second-order valence-electron chi connectivity index (χ2n) is 5.96. The van der Waals surface area contributed by atoms with E-state index in [1.807, 2.05) is 19.1 Å². The minimum Gasteiger partial charge on any atom is -0.508 e. The van der Waals surface area contributed by atoms with Crippen LogP contribution < -0.4 is 15.2 Å². The maximum atomic E-state index is 10.1. The van der Waals surface area contributed by atoms with E-state index in [1.165, 1.54) is 0 Å². The fraction of sp³-hybridized carbons (Fsp3) is 0.421. The van der Waals surface area contributed by atoms with Crippen molar-refractivity contribution in [3.05, 3.63) is 41.1 Å². The quantitative estimate of drug-likeness (QED) is 0.722. The lowest BCUT2D eigenvalue weighted by atomic mass is 10.0. The number of methoxy groups -OCH3 is 2. The number of pyridine rings is 1. The Balaban J connectivity index is 1.84. The molecule has 1 aromatic carbocycles. The Labute approximate surface area is 143 Å². The molecule has 5 heteroatoms. The van der Waals surface area contributed by atoms with Crippen molar-refractivity contribution < 1.29 is 14.6 Å². The van der Waals surface area contributed by atoms with Crippen LogP contribution in [0.25, 0.3) is 0 Å². The smallest absolute Gasteiger partial charge is 0.164 e. The van der Waals surface area contributed by atoms with Crippen LogP contribution in [-0.4, -0.2) is 24.3 Å². The van der Waals surface area contributed by atoms with E-state index in [1.54, 1.807) is 20.3 Å². The van der Waals surface area contributed by atoms with Crippen molar-refractivity contribution in [2.24, 2.45) is 0 Å². The Bertz CT molecular complexity index is 666. The van der Waals surface area contributed by atoms with Crippen LogP contribution in [0.5, 0.6) is 17.2 Å². The van der Waals surface area contributed by atoms with Crippen molar-refractivity contribution in [2.75, 3.05) is 20.0 Å². The summed E-state index contributed by atoms with van der Waals surface area (Å²) in [4.78, 5) is 4.35. The summed E-state index contributed by atoms with van der Waals surface area (Å²) < 4.78 is 10.5. The highest BCUT2D eigenvalue weighted by Gasteiger charge is 2.10. The van der Waals surface area contributed by atoms with Crippen molar-refractivity contribution in [1.82, 2.24) is 4.98 Å². The van der Waals surface area contributed by atoms with Gasteiger partial charge < -0.3 is 20.3 Å². The molecule has 0 bridgehead atoms. The van der Waals surface area contributed by atoms with Crippen LogP contribution in [0.2, 0.25) is 0 Å². The number of hydrogen-bond acceptors (Lipinski definition) is 5. The van der Waals surface area contributed by atoms with Crippen LogP contribution in [0, 0.1) is 6.92 Å². The summed E-state index contributed by atoms with van der Waals surface area (Å²) >= 11 is 0. The lowest BCUT2D eigenvalue weighted by molar-refractivity contribution is 0.350. The lowest BCUT2D eigenvalue weighted by Gasteiger charge is -2.11. The first-order valence-corrected chi connectivity index (χ1v) is 8.20. The predicted molar refractivity (Wildman–Crippen MR) is 95.9 cm³/mol. The van der Waals surface area contributed by atoms with Gasteiger partial charge in [0.25, 0.3) is 0 Å². The van der Waals surface area contributed by atoms with E-state index >= 15 is 0 Å². The molecular weight excluding hydrogens is 304 g/mol. The van der Waals surface area contributed by atoms with Gasteiger partial charge in [0.2, 0.25) is 0 Å². The Morgan fingerprint density at radius 3 is 2.29 bits per heavy atom. The average molecular weight is 330 g/mol. The van der Waals surface area contributed by atoms with Crippen molar-refractivity contribution >= 4 is 5.82 Å². The van der Waals surface area contributed by atoms with Crippen molar-refractivity contribution in [2.45, 2.75) is 39.0 Å². The normalized spacial score (nSPS) is 10.6. The minimum absolute atomic E-state index is 0.251. The van der Waals surface area contributed by atoms with E-state index in [4.69, 9.17) is 15.2 Å². The number of ether oxygens (including phenoxy) is 2. The van der Waals surface area contributed by atoms with E-state index in [-0.39, 0.29) is 5.75 Å². The van der Waals surface area contributed by atoms with Gasteiger partial charge in [-0.1, -0.05) is 6.42 Å². The van der Waals surface area contributed by atoms with E-state index in [0.29, 0.717) is 17.3 Å². The fourth-order valence-electron chi connectivity index (χ4n) is 2.81. The van der Waals surface area contributed by atoms with Gasteiger partial charge in [0.1, 0.15) is 11.6 Å². The molecule has 0 saturated carbocycles. The van der Waals surface area contributed by atoms with Gasteiger partial charge in [-0.25, -0.2) is 4.98 Å². The first kappa shape index (κ1) is 17.9. The van der Waals surface area contributed by atoms with Crippen LogP contribution in [0.1, 0.15) is 36.1 Å². The number of benzene rings is 1. The van der Waals surface area contributed by atoms with E-state index < -0.39 is 0 Å². The minimum atomic E-state index is 0.251. The SMILES string of the molecule is COc1cc(O)c(CCCCCc2cc(C)cc(N)n2)cc1OC. The Hall–Kier alpha value is -2.43. The summed E-state index contributed by atoms with van der Waals surface area (Å²) in [6.45, 7) is 2.03. The lowest BCUT2D eigenvalue weighted by Crippen LogP contribution is -1.98. The summed E-state index contributed by atoms with van der Waals surface area (Å²) in [5.41, 5.74) is 8.84. The number of nitrogens with zero attached hydrogens (tertiary/aromatic N) is 1. The molecule has 0 unspecified atom stereocenters. The molecule has 5 nitrogen and oxygen atoms in total. The van der Waals surface area contributed by atoms with Gasteiger partial charge in [-0.15, -0.1) is 0 Å². The number of aryl methyl sites for hydroxylation is 3. The summed E-state index contributed by atoms with van der Waals surface area (Å²) in [6.07, 6.45) is 4.82. The largest absolute Gasteiger partial charge is 0.508 e. The molecule has 2 aromatic rings. The van der Waals surface area contributed by atoms with Crippen molar-refractivity contribution in [3.63, 3.8) is 0 Å². The number of unbranched alkanes of at least 4 members (excludes halogenated alkanes) is 2. The average Bonchev–Trinajstić information content (AvgIpc) is 2.54. The fourth-order valence-corrected chi connectivity index (χ4v) is 2.81. The molecule has 24 heavy (non-hydrogen) atoms. The molecule has 0 aliphatic heterocycles. The van der Waals surface area contributed by atoms with Crippen LogP contribution >= 0.6 is 0 Å². The monoisotopic (exact) mass is 330 g/mol. The maximum Gasteiger partial charge on any atom is 0.164 e. The standard InChI is InChI=1S/C19H26N2O3/c1-13-9-15(21-19(20)10-13)8-6-4-5-7-14-11-17(23-2)18(24-3)12-16(14)22/h9-12,22H,4-8H2,1-3H3,(H2,20,21). The van der Waals surface area contributed by atoms with E-state index in [9.17, 15) is 5.11 Å². The first-order valence-electron chi connectivity index (χ1n) is 8.20. The number of aromatic nitrogens is 1. The second-order valence-corrected chi connectivity index (χ2v) is 5.96. The number of hydrogen-bond donors (Lipinski definition) is 2. The molecule has 3 N–H and O–H groups in total. The Morgan fingerprint density at radius 2 is 1.62 bits per heavy atom. The van der Waals surface area contributed by atoms with Crippen molar-refractivity contribution in [3.8, 4) is 17.2 Å². The third-order valence-corrected chi connectivity index (χ3v) is 4.01. The van der Waals surface area contributed by atoms with Gasteiger partial charge in [-0.2, -0.15) is 0 Å². The molecule has 0 spiro atoms. The third kappa shape index (κ3) is 4.78. The van der Waals surface area contributed by atoms with Gasteiger partial charge in [-0.05, 0) is 61.9 Å². The second kappa shape index (κ2) is 8.43. The number of rotatable bonds is 8. The zero-order valence-electron chi connectivity index (χ0n) is 14.6. The number of nitrogens with two attached hydrogens (primary N) is 1. The van der Waals surface area contributed by atoms with Gasteiger partial charge in [0.05, 0.1) is 14.2 Å². The summed E-state index contributed by atoms with van der Waals surface area (Å²) in [7, 11) is 3.16. The first-order chi connectivity index (χ1) is 11.5. The highest BCUT2D eigenvalue weighted by molar-refractivity contribution is 5.50. The molecule has 130 valence electrons. The highest BCUT2D eigenvalue weighted by Crippen LogP contribution is 2.34. The third-order valence-electron chi connectivity index (χ3n) is 4.01. The number of phenolic OH excluding ortho intramolecular Hbond substituents is 1. The van der Waals surface area contributed by atoms with Gasteiger partial charge >= 0.3 is 0 Å². The van der Waals surface area contributed by atoms with E-state index in [0.717, 1.165) is 48.9 Å². The van der Waals surface area contributed by atoms with Crippen LogP contribution in [0.15, 0.2) is 24.3 Å². The molecular formula is C19H26N2O3. The predicted octanol–water partition coefficient (Wildman–Crippen LogP) is 3.65. The Morgan fingerprint density at radius 1 is 0.958 bits per heavy atom. The zero-order valence-corrected chi connectivity index (χ0v) is 14.6. The molecule has 1 heterocycles. The highest BCUT2D eigenvalue weighted by atomic mass is 16.5. The Kier molecular flexibility index (Phi) is 6.29. The number of aromatic hydroxyl groups is 1. The molecule has 0 fully saturated rings. The molecule has 0 atom stereocenters. The number of anilines is 1. The summed E-state index contributed by atoms with van der Waals surface area (Å²) in [5.74, 6) is 2.02. The van der Waals surface area contributed by atoms with Crippen LogP contribution in [0.4, 0.5) is 5.82 Å². The molecule has 2 rings (SSSR count). The molecule has 0 aliphatic carbocycles. The summed E-state index contributed by atoms with van der Waals surface area (Å²) in [5, 5.41) is 10.1. The summed E-state index contributed by atoms with van der Waals surface area (Å²) in [6, 6.07) is 7.41. The van der Waals surface area contributed by atoms with Crippen LogP contribution in [0.3, 0.4) is 0 Å². The maximum absolute atomic E-state index is 10.1. The molecule has 0 amide bonds. The van der Waals surface area contributed by atoms with Gasteiger partial charge in [0, 0.05) is 11.8 Å². The van der Waals surface area contributed by atoms with Gasteiger partial charge in [-0.3, -0.25) is 0 Å². The molecule has 0 saturated heterocycles. The molecule has 1 aromatic heterocycles. The topological polar surface area (TPSA) is 77.6 Å². The van der Waals surface area contributed by atoms with Crippen LogP contribution in [-0.2, 0) is 12.8 Å². The molecule has 0 radical (unpaired) electrons. The van der Waals surface area contributed by atoms with Gasteiger partial charge in [0.15, 0.2) is 11.5 Å². The van der Waals surface area contributed by atoms with Crippen molar-refractivity contribution in [1.29, 1.82) is 0 Å². The number of phenols is 1. The zero-order chi connectivity index (χ0) is 17.5. The molecule has 0 aliphatic rings. The van der Waals surface area contributed by atoms with E-state index in [2.05, 4.69) is 11.1 Å². The number of nitrogen functional groups attached to an aromatic ring is 1.